The summed E-state index contributed by atoms with van der Waals surface area (Å²) in [5, 5.41) is 4.19. The molecular formula is C40H48Cl3N5O5. The molecule has 1 saturated carbocycles. The lowest BCUT2D eigenvalue weighted by atomic mass is 9.80. The van der Waals surface area contributed by atoms with Crippen LogP contribution in [-0.2, 0) is 27.3 Å². The molecule has 1 aromatic heterocycles. The first-order valence-electron chi connectivity index (χ1n) is 18.3. The number of nitrogens with zero attached hydrogens (tertiary/aromatic N) is 4. The number of rotatable bonds is 10. The van der Waals surface area contributed by atoms with Gasteiger partial charge < -0.3 is 29.5 Å². The number of halogens is 3. The molecule has 0 unspecified atom stereocenters. The number of pyridine rings is 1. The minimum atomic E-state index is -0.665. The number of hydrogen-bond donors (Lipinski definition) is 1. The molecule has 3 atom stereocenters. The zero-order valence-electron chi connectivity index (χ0n) is 31.0. The number of hydrogen-bond acceptors (Lipinski definition) is 7. The summed E-state index contributed by atoms with van der Waals surface area (Å²) in [6.45, 7) is 9.84. The summed E-state index contributed by atoms with van der Waals surface area (Å²) in [6.07, 6.45) is 4.72. The van der Waals surface area contributed by atoms with Gasteiger partial charge in [-0.2, -0.15) is 0 Å². The van der Waals surface area contributed by atoms with Crippen LogP contribution in [0, 0.1) is 12.8 Å². The van der Waals surface area contributed by atoms with E-state index in [0.29, 0.717) is 46.9 Å². The largest absolute Gasteiger partial charge is 0.485 e. The van der Waals surface area contributed by atoms with E-state index in [9.17, 15) is 14.4 Å². The number of ether oxygens (including phenoxy) is 2. The summed E-state index contributed by atoms with van der Waals surface area (Å²) < 4.78 is 12.0. The Kier molecular flexibility index (Phi) is 12.0. The molecule has 2 saturated heterocycles. The van der Waals surface area contributed by atoms with E-state index in [0.717, 1.165) is 53.9 Å². The van der Waals surface area contributed by atoms with E-state index in [1.807, 2.05) is 69.1 Å². The highest BCUT2D eigenvalue weighted by molar-refractivity contribution is 6.37. The molecular weight excluding hydrogens is 737 g/mol. The van der Waals surface area contributed by atoms with Crippen LogP contribution in [0.15, 0.2) is 48.7 Å². The minimum Gasteiger partial charge on any atom is -0.485 e. The Hall–Kier alpha value is -3.73. The third-order valence-electron chi connectivity index (χ3n) is 10.0. The highest BCUT2D eigenvalue weighted by atomic mass is 35.5. The van der Waals surface area contributed by atoms with Crippen molar-refractivity contribution in [3.05, 3.63) is 86.0 Å². The van der Waals surface area contributed by atoms with E-state index in [-0.39, 0.29) is 42.8 Å². The maximum Gasteiger partial charge on any atom is 0.410 e. The summed E-state index contributed by atoms with van der Waals surface area (Å²) in [4.78, 5) is 50.8. The van der Waals surface area contributed by atoms with Crippen LogP contribution in [0.4, 0.5) is 10.6 Å². The van der Waals surface area contributed by atoms with Crippen molar-refractivity contribution in [3.8, 4) is 5.75 Å². The smallest absolute Gasteiger partial charge is 0.410 e. The Morgan fingerprint density at radius 2 is 1.68 bits per heavy atom. The van der Waals surface area contributed by atoms with Crippen molar-refractivity contribution in [1.82, 2.24) is 20.1 Å². The summed E-state index contributed by atoms with van der Waals surface area (Å²) in [7, 11) is 1.61. The first-order chi connectivity index (χ1) is 25.2. The van der Waals surface area contributed by atoms with Gasteiger partial charge in [-0.15, -0.1) is 0 Å². The number of anilines is 1. The van der Waals surface area contributed by atoms with Crippen molar-refractivity contribution >= 4 is 58.5 Å². The van der Waals surface area contributed by atoms with Gasteiger partial charge in [0, 0.05) is 62.8 Å². The van der Waals surface area contributed by atoms with Gasteiger partial charge in [-0.3, -0.25) is 9.59 Å². The van der Waals surface area contributed by atoms with Crippen LogP contribution in [0.5, 0.6) is 5.75 Å². The zero-order chi connectivity index (χ0) is 38.0. The summed E-state index contributed by atoms with van der Waals surface area (Å²) >= 11 is 19.6. The Labute approximate surface area is 327 Å². The molecule has 10 nitrogen and oxygen atoms in total. The third-order valence-corrected chi connectivity index (χ3v) is 11.0. The molecule has 2 aliphatic heterocycles. The Morgan fingerprint density at radius 3 is 2.32 bits per heavy atom. The number of nitrogens with one attached hydrogen (secondary N) is 1. The Bertz CT molecular complexity index is 1810. The van der Waals surface area contributed by atoms with E-state index in [1.54, 1.807) is 18.0 Å². The summed E-state index contributed by atoms with van der Waals surface area (Å²) in [5.74, 6) is 0.499. The fraction of sp³-hybridized carbons (Fsp3) is 0.500. The second kappa shape index (κ2) is 16.3. The molecule has 1 aliphatic carbocycles. The van der Waals surface area contributed by atoms with Gasteiger partial charge in [-0.05, 0) is 93.5 Å². The van der Waals surface area contributed by atoms with Crippen molar-refractivity contribution in [1.29, 1.82) is 0 Å². The first-order valence-corrected chi connectivity index (χ1v) is 19.4. The van der Waals surface area contributed by atoms with E-state index in [2.05, 4.69) is 16.3 Å². The fourth-order valence-corrected chi connectivity index (χ4v) is 8.06. The molecule has 6 rings (SSSR count). The summed E-state index contributed by atoms with van der Waals surface area (Å²) in [6, 6.07) is 13.4. The monoisotopic (exact) mass is 783 g/mol. The standard InChI is InChI=1S/C40H48Cl3N5O5/c1-24-16-33(42)37(34(43)17-24)52-29-12-14-46(22-29)35-11-7-26(20-45-35)30-13-15-47(39(51)53-40(2,3)4)23-31(30)38(50)48(28-8-9-28)21-27-18-25(6-10-32(27)41)19-36(49)44-5/h6-7,10-11,16-18,20,28-31H,8-9,12-15,19,21-23H2,1-5H3,(H,44,49)/t29-,30+,31-/m0/s1. The molecule has 3 aromatic rings. The lowest BCUT2D eigenvalue weighted by Gasteiger charge is -2.40. The van der Waals surface area contributed by atoms with Crippen LogP contribution < -0.4 is 15.0 Å². The number of likely N-dealkylation sites (N-methyl/N-ethyl adjacent to an activating group) is 1. The average molecular weight is 785 g/mol. The molecule has 284 valence electrons. The van der Waals surface area contributed by atoms with Crippen LogP contribution in [0.3, 0.4) is 0 Å². The number of carbonyl (C=O) groups is 3. The van der Waals surface area contributed by atoms with E-state index < -0.39 is 17.6 Å². The average Bonchev–Trinajstić information content (AvgIpc) is 3.85. The molecule has 2 aromatic carbocycles. The van der Waals surface area contributed by atoms with Crippen LogP contribution in [0.2, 0.25) is 15.1 Å². The molecule has 3 fully saturated rings. The minimum absolute atomic E-state index is 0.0319. The van der Waals surface area contributed by atoms with E-state index in [1.165, 1.54) is 0 Å². The summed E-state index contributed by atoms with van der Waals surface area (Å²) in [5.41, 5.74) is 2.86. The quantitative estimate of drug-likeness (QED) is 0.224. The number of aryl methyl sites for hydroxylation is 1. The molecule has 13 heteroatoms. The zero-order valence-corrected chi connectivity index (χ0v) is 33.2. The topological polar surface area (TPSA) is 104 Å². The highest BCUT2D eigenvalue weighted by Gasteiger charge is 2.43. The van der Waals surface area contributed by atoms with Gasteiger partial charge in [0.25, 0.3) is 0 Å². The van der Waals surface area contributed by atoms with Crippen molar-refractivity contribution in [2.45, 2.75) is 90.0 Å². The highest BCUT2D eigenvalue weighted by Crippen LogP contribution is 2.40. The molecule has 0 spiro atoms. The van der Waals surface area contributed by atoms with Crippen molar-refractivity contribution in [2.24, 2.45) is 5.92 Å². The SMILES string of the molecule is CNC(=O)Cc1ccc(Cl)c(CN(C(=O)[C@H]2CN(C(=O)OC(C)(C)C)CC[C@@H]2c2ccc(N3CC[C@H](Oc4c(Cl)cc(C)cc4Cl)C3)nc2)C2CC2)c1. The number of carbonyl (C=O) groups excluding carboxylic acids is 3. The van der Waals surface area contributed by atoms with Gasteiger partial charge in [0.05, 0.1) is 28.9 Å². The molecule has 53 heavy (non-hydrogen) atoms. The molecule has 3 amide bonds. The van der Waals surface area contributed by atoms with Crippen molar-refractivity contribution in [3.63, 3.8) is 0 Å². The molecule has 0 radical (unpaired) electrons. The number of aromatic nitrogens is 1. The maximum atomic E-state index is 14.7. The Morgan fingerprint density at radius 1 is 0.943 bits per heavy atom. The second-order valence-corrected chi connectivity index (χ2v) is 16.6. The predicted molar refractivity (Wildman–Crippen MR) is 208 cm³/mol. The van der Waals surface area contributed by atoms with Crippen LogP contribution in [-0.4, -0.2) is 83.7 Å². The van der Waals surface area contributed by atoms with Gasteiger partial charge >= 0.3 is 6.09 Å². The van der Waals surface area contributed by atoms with Gasteiger partial charge in [0.2, 0.25) is 11.8 Å². The fourth-order valence-electron chi connectivity index (χ4n) is 7.20. The third kappa shape index (κ3) is 9.69. The van der Waals surface area contributed by atoms with Gasteiger partial charge in [0.1, 0.15) is 17.5 Å². The predicted octanol–water partition coefficient (Wildman–Crippen LogP) is 7.83. The molecule has 3 heterocycles. The lowest BCUT2D eigenvalue weighted by molar-refractivity contribution is -0.139. The molecule has 1 N–H and O–H groups in total. The van der Waals surface area contributed by atoms with Crippen LogP contribution in [0.25, 0.3) is 0 Å². The van der Waals surface area contributed by atoms with Gasteiger partial charge in [0.15, 0.2) is 5.75 Å². The lowest BCUT2D eigenvalue weighted by Crippen LogP contribution is -2.51. The van der Waals surface area contributed by atoms with Gasteiger partial charge in [-0.1, -0.05) is 53.0 Å². The van der Waals surface area contributed by atoms with Crippen molar-refractivity contribution < 1.29 is 23.9 Å². The Balaban J connectivity index is 1.21. The first kappa shape index (κ1) is 39.0. The van der Waals surface area contributed by atoms with E-state index >= 15 is 0 Å². The number of piperidine rings is 1. The normalized spacial score (nSPS) is 20.3. The van der Waals surface area contributed by atoms with E-state index in [4.69, 9.17) is 49.3 Å². The van der Waals surface area contributed by atoms with Crippen molar-refractivity contribution in [2.75, 3.05) is 38.1 Å². The van der Waals surface area contributed by atoms with Crippen LogP contribution in [0.1, 0.15) is 74.6 Å². The number of likely N-dealkylation sites (tertiary alicyclic amines) is 1. The number of amides is 3. The number of benzene rings is 2. The molecule has 3 aliphatic rings. The van der Waals surface area contributed by atoms with Gasteiger partial charge in [-0.25, -0.2) is 9.78 Å². The molecule has 0 bridgehead atoms. The second-order valence-electron chi connectivity index (χ2n) is 15.4. The maximum absolute atomic E-state index is 14.7. The van der Waals surface area contributed by atoms with Crippen LogP contribution >= 0.6 is 34.8 Å².